The summed E-state index contributed by atoms with van der Waals surface area (Å²) in [6.07, 6.45) is -1.41. The van der Waals surface area contributed by atoms with E-state index in [-0.39, 0.29) is 0 Å². The molecular weight excluding hydrogens is 386 g/mol. The summed E-state index contributed by atoms with van der Waals surface area (Å²) in [6, 6.07) is 13.0. The molecule has 1 atom stereocenters. The van der Waals surface area contributed by atoms with E-state index in [1.807, 2.05) is 48.5 Å². The van der Waals surface area contributed by atoms with E-state index in [2.05, 4.69) is 0 Å². The molecule has 0 unspecified atom stereocenters. The van der Waals surface area contributed by atoms with Crippen LogP contribution in [-0.2, 0) is 19.1 Å². The van der Waals surface area contributed by atoms with Gasteiger partial charge >= 0.3 is 18.0 Å². The van der Waals surface area contributed by atoms with E-state index < -0.39 is 42.1 Å². The number of carboxylic acids is 1. The van der Waals surface area contributed by atoms with Crippen molar-refractivity contribution in [3.8, 4) is 11.1 Å². The van der Waals surface area contributed by atoms with Crippen molar-refractivity contribution in [3.05, 3.63) is 59.7 Å². The van der Waals surface area contributed by atoms with E-state index >= 15 is 0 Å². The van der Waals surface area contributed by atoms with Crippen LogP contribution in [0.4, 0.5) is 4.79 Å². The van der Waals surface area contributed by atoms with E-state index in [0.29, 0.717) is 0 Å². The second kappa shape index (κ2) is 8.18. The number of rotatable bonds is 5. The number of fused-ring (bicyclic) bond motifs is 3. The largest absolute Gasteiger partial charge is 0.481 e. The van der Waals surface area contributed by atoms with Crippen molar-refractivity contribution in [2.24, 2.45) is 0 Å². The van der Waals surface area contributed by atoms with Crippen molar-refractivity contribution in [2.75, 3.05) is 7.11 Å². The van der Waals surface area contributed by atoms with Crippen LogP contribution in [0, 0.1) is 0 Å². The molecule has 1 aliphatic rings. The summed E-state index contributed by atoms with van der Waals surface area (Å²) in [5.74, 6) is -2.02. The van der Waals surface area contributed by atoms with E-state index in [1.54, 1.807) is 20.8 Å². The third-order valence-corrected chi connectivity index (χ3v) is 4.85. The van der Waals surface area contributed by atoms with Crippen molar-refractivity contribution >= 4 is 18.0 Å². The van der Waals surface area contributed by atoms with E-state index in [4.69, 9.17) is 9.47 Å². The highest BCUT2D eigenvalue weighted by Gasteiger charge is 2.44. The molecule has 1 aliphatic carbocycles. The van der Waals surface area contributed by atoms with Gasteiger partial charge in [-0.2, -0.15) is 0 Å². The van der Waals surface area contributed by atoms with Crippen molar-refractivity contribution < 1.29 is 29.0 Å². The van der Waals surface area contributed by atoms with Gasteiger partial charge in [0.1, 0.15) is 11.6 Å². The fourth-order valence-corrected chi connectivity index (χ4v) is 3.78. The van der Waals surface area contributed by atoms with E-state index in [1.165, 1.54) is 12.0 Å². The van der Waals surface area contributed by atoms with Gasteiger partial charge in [-0.25, -0.2) is 9.59 Å². The lowest BCUT2D eigenvalue weighted by Gasteiger charge is -2.35. The van der Waals surface area contributed by atoms with Gasteiger partial charge in [0, 0.05) is 0 Å². The number of aliphatic carboxylic acids is 1. The maximum absolute atomic E-state index is 13.0. The molecular formula is C23H25NO6. The van der Waals surface area contributed by atoms with Gasteiger partial charge in [-0.15, -0.1) is 0 Å². The van der Waals surface area contributed by atoms with Gasteiger partial charge in [0.05, 0.1) is 19.6 Å². The monoisotopic (exact) mass is 411 g/mol. The minimum Gasteiger partial charge on any atom is -0.481 e. The van der Waals surface area contributed by atoms with Crippen LogP contribution >= 0.6 is 0 Å². The maximum Gasteiger partial charge on any atom is 0.411 e. The van der Waals surface area contributed by atoms with Gasteiger partial charge in [0.15, 0.2) is 0 Å². The molecule has 158 valence electrons. The fraction of sp³-hybridized carbons (Fsp3) is 0.348. The Hall–Kier alpha value is -3.35. The number of amides is 1. The number of hydrogen-bond acceptors (Lipinski definition) is 5. The smallest absolute Gasteiger partial charge is 0.411 e. The average Bonchev–Trinajstić information content (AvgIpc) is 3.00. The second-order valence-electron chi connectivity index (χ2n) is 8.10. The highest BCUT2D eigenvalue weighted by Crippen LogP contribution is 2.47. The lowest BCUT2D eigenvalue weighted by atomic mass is 10.0. The number of ether oxygens (including phenoxy) is 2. The first-order valence-electron chi connectivity index (χ1n) is 9.63. The van der Waals surface area contributed by atoms with Gasteiger partial charge < -0.3 is 14.6 Å². The summed E-state index contributed by atoms with van der Waals surface area (Å²) in [6.45, 7) is 5.06. The van der Waals surface area contributed by atoms with Crippen LogP contribution in [0.5, 0.6) is 0 Å². The van der Waals surface area contributed by atoms with Crippen molar-refractivity contribution in [1.82, 2.24) is 4.90 Å². The Morgan fingerprint density at radius 1 is 1.00 bits per heavy atom. The fourth-order valence-electron chi connectivity index (χ4n) is 3.78. The van der Waals surface area contributed by atoms with Crippen LogP contribution in [0.2, 0.25) is 0 Å². The van der Waals surface area contributed by atoms with Gasteiger partial charge in [-0.05, 0) is 43.0 Å². The normalized spacial score (nSPS) is 13.7. The molecule has 0 radical (unpaired) electrons. The van der Waals surface area contributed by atoms with Crippen LogP contribution in [-0.4, -0.2) is 46.8 Å². The predicted octanol–water partition coefficient (Wildman–Crippen LogP) is 4.01. The quantitative estimate of drug-likeness (QED) is 0.748. The first kappa shape index (κ1) is 21.4. The van der Waals surface area contributed by atoms with Gasteiger partial charge in [0.25, 0.3) is 0 Å². The molecule has 0 saturated carbocycles. The van der Waals surface area contributed by atoms with Crippen molar-refractivity contribution in [1.29, 1.82) is 0 Å². The molecule has 7 nitrogen and oxygen atoms in total. The lowest BCUT2D eigenvalue weighted by Crippen LogP contribution is -2.50. The number of methoxy groups -OCH3 is 1. The maximum atomic E-state index is 13.0. The molecule has 0 saturated heterocycles. The summed E-state index contributed by atoms with van der Waals surface area (Å²) < 4.78 is 10.4. The number of nitrogens with zero attached hydrogens (tertiary/aromatic N) is 1. The molecule has 2 aromatic rings. The van der Waals surface area contributed by atoms with Crippen LogP contribution in [0.1, 0.15) is 44.4 Å². The first-order chi connectivity index (χ1) is 14.1. The molecule has 0 bridgehead atoms. The minimum absolute atomic E-state index is 0.606. The van der Waals surface area contributed by atoms with Gasteiger partial charge in [-0.1, -0.05) is 48.5 Å². The standard InChI is InChI=1S/C23H25NO6/c1-23(2,3)30-21(27)18(13-19(25)26)24(22(28)29-4)20-16-11-7-5-9-14(16)15-10-6-8-12-17(15)20/h5-12,18,20H,13H2,1-4H3,(H,25,26)/t18-/m0/s1. The number of carboxylic acid groups (broad SMARTS) is 1. The molecule has 0 aliphatic heterocycles. The molecule has 0 spiro atoms. The van der Waals surface area contributed by atoms with Crippen molar-refractivity contribution in [3.63, 3.8) is 0 Å². The minimum atomic E-state index is -1.36. The van der Waals surface area contributed by atoms with Crippen LogP contribution in [0.15, 0.2) is 48.5 Å². The summed E-state index contributed by atoms with van der Waals surface area (Å²) >= 11 is 0. The van der Waals surface area contributed by atoms with E-state index in [9.17, 15) is 19.5 Å². The van der Waals surface area contributed by atoms with Crippen molar-refractivity contribution in [2.45, 2.75) is 44.9 Å². The zero-order chi connectivity index (χ0) is 22.1. The Kier molecular flexibility index (Phi) is 5.82. The highest BCUT2D eigenvalue weighted by molar-refractivity contribution is 5.88. The molecule has 1 N–H and O–H groups in total. The number of esters is 1. The van der Waals surface area contributed by atoms with Crippen LogP contribution < -0.4 is 0 Å². The zero-order valence-corrected chi connectivity index (χ0v) is 17.4. The summed E-state index contributed by atoms with van der Waals surface area (Å²) in [4.78, 5) is 38.7. The number of hydrogen-bond donors (Lipinski definition) is 1. The Morgan fingerprint density at radius 2 is 1.50 bits per heavy atom. The Bertz CT molecular complexity index is 932. The summed E-state index contributed by atoms with van der Waals surface area (Å²) in [5.41, 5.74) is 2.59. The van der Waals surface area contributed by atoms with Crippen LogP contribution in [0.3, 0.4) is 0 Å². The molecule has 7 heteroatoms. The predicted molar refractivity (Wildman–Crippen MR) is 110 cm³/mol. The summed E-state index contributed by atoms with van der Waals surface area (Å²) in [5, 5.41) is 9.48. The van der Waals surface area contributed by atoms with Crippen LogP contribution in [0.25, 0.3) is 11.1 Å². The second-order valence-corrected chi connectivity index (χ2v) is 8.10. The third-order valence-electron chi connectivity index (χ3n) is 4.85. The lowest BCUT2D eigenvalue weighted by molar-refractivity contribution is -0.164. The molecule has 3 rings (SSSR count). The Balaban J connectivity index is 2.16. The topological polar surface area (TPSA) is 93.1 Å². The zero-order valence-electron chi connectivity index (χ0n) is 17.4. The number of carbonyl (C=O) groups excluding carboxylic acids is 2. The third kappa shape index (κ3) is 4.15. The summed E-state index contributed by atoms with van der Waals surface area (Å²) in [7, 11) is 1.20. The molecule has 0 heterocycles. The SMILES string of the molecule is COC(=O)N(C1c2ccccc2-c2ccccc21)[C@@H](CC(=O)O)C(=O)OC(C)(C)C. The molecule has 0 aromatic heterocycles. The molecule has 30 heavy (non-hydrogen) atoms. The number of carbonyl (C=O) groups is 3. The molecule has 1 amide bonds. The average molecular weight is 411 g/mol. The number of benzene rings is 2. The Labute approximate surface area is 175 Å². The van der Waals surface area contributed by atoms with E-state index in [0.717, 1.165) is 22.3 Å². The van der Waals surface area contributed by atoms with Gasteiger partial charge in [-0.3, -0.25) is 9.69 Å². The Morgan fingerprint density at radius 3 is 1.93 bits per heavy atom. The van der Waals surface area contributed by atoms with Gasteiger partial charge in [0.2, 0.25) is 0 Å². The molecule has 0 fully saturated rings. The first-order valence-corrected chi connectivity index (χ1v) is 9.63. The highest BCUT2D eigenvalue weighted by atomic mass is 16.6. The molecule has 2 aromatic carbocycles.